The topological polar surface area (TPSA) is 78.8 Å². The first-order valence-corrected chi connectivity index (χ1v) is 8.97. The lowest BCUT2D eigenvalue weighted by Gasteiger charge is -2.30. The van der Waals surface area contributed by atoms with Crippen molar-refractivity contribution in [3.05, 3.63) is 71.5 Å². The zero-order valence-electron chi connectivity index (χ0n) is 15.4. The average Bonchev–Trinajstić information content (AvgIpc) is 2.69. The van der Waals surface area contributed by atoms with Gasteiger partial charge in [-0.3, -0.25) is 24.8 Å². The smallest absolute Gasteiger partial charge is 0.288 e. The summed E-state index contributed by atoms with van der Waals surface area (Å²) < 4.78 is 13.0. The third-order valence-corrected chi connectivity index (χ3v) is 4.51. The number of urea groups is 1. The number of imide groups is 2. The molecule has 0 aromatic heterocycles. The molecule has 7 heteroatoms. The van der Waals surface area contributed by atoms with Crippen LogP contribution in [0.5, 0.6) is 0 Å². The first kappa shape index (κ1) is 19.4. The van der Waals surface area contributed by atoms with E-state index in [1.807, 2.05) is 18.2 Å². The van der Waals surface area contributed by atoms with E-state index >= 15 is 0 Å². The van der Waals surface area contributed by atoms with Crippen molar-refractivity contribution in [2.45, 2.75) is 26.4 Å². The number of carbonyl (C=O) groups is 3. The first-order valence-electron chi connectivity index (χ1n) is 8.97. The fraction of sp³-hybridized carbons (Fsp3) is 0.238. The maximum absolute atomic E-state index is 13.0. The van der Waals surface area contributed by atoms with Crippen molar-refractivity contribution in [2.75, 3.05) is 0 Å². The molecule has 0 bridgehead atoms. The summed E-state index contributed by atoms with van der Waals surface area (Å²) in [5.74, 6) is -2.75. The first-order chi connectivity index (χ1) is 13.5. The molecule has 144 valence electrons. The monoisotopic (exact) mass is 381 g/mol. The highest BCUT2D eigenvalue weighted by Gasteiger charge is 2.42. The predicted octanol–water partition coefficient (Wildman–Crippen LogP) is 3.07. The number of amides is 4. The van der Waals surface area contributed by atoms with Gasteiger partial charge in [0.2, 0.25) is 11.8 Å². The molecule has 1 aliphatic heterocycles. The largest absolute Gasteiger partial charge is 0.331 e. The molecule has 0 radical (unpaired) electrons. The second-order valence-corrected chi connectivity index (χ2v) is 6.42. The van der Waals surface area contributed by atoms with Gasteiger partial charge >= 0.3 is 6.03 Å². The van der Waals surface area contributed by atoms with E-state index in [0.29, 0.717) is 12.1 Å². The van der Waals surface area contributed by atoms with Crippen molar-refractivity contribution in [1.29, 1.82) is 0 Å². The molecular formula is C21H20FN3O3. The summed E-state index contributed by atoms with van der Waals surface area (Å²) in [6, 6.07) is 14.2. The van der Waals surface area contributed by atoms with Crippen LogP contribution >= 0.6 is 0 Å². The molecule has 1 unspecified atom stereocenters. The fourth-order valence-corrected chi connectivity index (χ4v) is 3.01. The molecular weight excluding hydrogens is 361 g/mol. The Morgan fingerprint density at radius 1 is 1.04 bits per heavy atom. The number of nitrogens with zero attached hydrogens (tertiary/aromatic N) is 2. The number of nitrogens with one attached hydrogen (secondary N) is 1. The molecule has 0 spiro atoms. The van der Waals surface area contributed by atoms with E-state index in [2.05, 4.69) is 10.3 Å². The summed E-state index contributed by atoms with van der Waals surface area (Å²) in [6.07, 6.45) is 0.373. The van der Waals surface area contributed by atoms with Crippen molar-refractivity contribution in [1.82, 2.24) is 10.2 Å². The fourth-order valence-electron chi connectivity index (χ4n) is 3.01. The van der Waals surface area contributed by atoms with Gasteiger partial charge in [-0.15, -0.1) is 0 Å². The summed E-state index contributed by atoms with van der Waals surface area (Å²) in [7, 11) is 0. The standard InChI is InChI=1S/C21H20FN3O3/c1-2-17(23-12-14-8-10-16(22)11-9-14)18-19(26)24-21(28)25(20(18)27)13-15-6-4-3-5-7-15/h3-11,18H,2,12-13H2,1H3,(H,24,26,28). The van der Waals surface area contributed by atoms with Crippen LogP contribution in [0.25, 0.3) is 0 Å². The number of hydrogen-bond donors (Lipinski definition) is 1. The average molecular weight is 381 g/mol. The molecule has 2 aromatic rings. The van der Waals surface area contributed by atoms with Gasteiger partial charge in [-0.1, -0.05) is 49.4 Å². The molecule has 1 aliphatic rings. The molecule has 1 fully saturated rings. The Morgan fingerprint density at radius 2 is 1.71 bits per heavy atom. The maximum Gasteiger partial charge on any atom is 0.331 e. The van der Waals surface area contributed by atoms with Gasteiger partial charge in [0.15, 0.2) is 5.92 Å². The van der Waals surface area contributed by atoms with Crippen molar-refractivity contribution in [3.63, 3.8) is 0 Å². The van der Waals surface area contributed by atoms with Crippen molar-refractivity contribution in [3.8, 4) is 0 Å². The van der Waals surface area contributed by atoms with Crippen LogP contribution in [0.15, 0.2) is 59.6 Å². The van der Waals surface area contributed by atoms with Crippen LogP contribution < -0.4 is 5.32 Å². The highest BCUT2D eigenvalue weighted by molar-refractivity contribution is 6.27. The maximum atomic E-state index is 13.0. The lowest BCUT2D eigenvalue weighted by atomic mass is 9.96. The second-order valence-electron chi connectivity index (χ2n) is 6.42. The lowest BCUT2D eigenvalue weighted by Crippen LogP contribution is -2.59. The number of rotatable bonds is 6. The Hall–Kier alpha value is -3.35. The van der Waals surface area contributed by atoms with Crippen molar-refractivity contribution >= 4 is 23.6 Å². The zero-order valence-corrected chi connectivity index (χ0v) is 15.4. The second kappa shape index (κ2) is 8.56. The molecule has 1 heterocycles. The van der Waals surface area contributed by atoms with Gasteiger partial charge in [-0.2, -0.15) is 0 Å². The van der Waals surface area contributed by atoms with E-state index in [0.717, 1.165) is 16.0 Å². The predicted molar refractivity (Wildman–Crippen MR) is 102 cm³/mol. The van der Waals surface area contributed by atoms with E-state index in [1.54, 1.807) is 31.2 Å². The minimum absolute atomic E-state index is 0.0737. The van der Waals surface area contributed by atoms with Crippen LogP contribution in [0, 0.1) is 11.7 Å². The minimum Gasteiger partial charge on any atom is -0.288 e. The summed E-state index contributed by atoms with van der Waals surface area (Å²) >= 11 is 0. The van der Waals surface area contributed by atoms with E-state index in [-0.39, 0.29) is 18.9 Å². The summed E-state index contributed by atoms with van der Waals surface area (Å²) in [4.78, 5) is 42.9. The Labute approximate surface area is 162 Å². The van der Waals surface area contributed by atoms with Crippen molar-refractivity contribution in [2.24, 2.45) is 10.9 Å². The quantitative estimate of drug-likeness (QED) is 0.617. The lowest BCUT2D eigenvalue weighted by molar-refractivity contribution is -0.139. The Morgan fingerprint density at radius 3 is 2.36 bits per heavy atom. The highest BCUT2D eigenvalue weighted by Crippen LogP contribution is 2.18. The molecule has 1 N–H and O–H groups in total. The number of barbiturate groups is 1. The Kier molecular flexibility index (Phi) is 5.93. The van der Waals surface area contributed by atoms with E-state index in [1.165, 1.54) is 12.1 Å². The number of aliphatic imine (C=N–C) groups is 1. The van der Waals surface area contributed by atoms with Gasteiger partial charge in [0, 0.05) is 5.71 Å². The molecule has 1 atom stereocenters. The highest BCUT2D eigenvalue weighted by atomic mass is 19.1. The van der Waals surface area contributed by atoms with Crippen LogP contribution in [0.4, 0.5) is 9.18 Å². The van der Waals surface area contributed by atoms with Crippen LogP contribution in [0.1, 0.15) is 24.5 Å². The molecule has 2 aromatic carbocycles. The zero-order chi connectivity index (χ0) is 20.1. The third kappa shape index (κ3) is 4.31. The molecule has 3 rings (SSSR count). The minimum atomic E-state index is -1.15. The van der Waals surface area contributed by atoms with Gasteiger partial charge in [0.1, 0.15) is 5.82 Å². The summed E-state index contributed by atoms with van der Waals surface area (Å²) in [5.41, 5.74) is 1.92. The normalized spacial score (nSPS) is 17.6. The third-order valence-electron chi connectivity index (χ3n) is 4.51. The van der Waals surface area contributed by atoms with Crippen LogP contribution in [0.2, 0.25) is 0 Å². The van der Waals surface area contributed by atoms with Crippen LogP contribution in [-0.2, 0) is 22.7 Å². The molecule has 0 saturated carbocycles. The van der Waals surface area contributed by atoms with Crippen LogP contribution in [0.3, 0.4) is 0 Å². The molecule has 6 nitrogen and oxygen atoms in total. The number of benzene rings is 2. The molecule has 0 aliphatic carbocycles. The summed E-state index contributed by atoms with van der Waals surface area (Å²) in [6.45, 7) is 2.08. The van der Waals surface area contributed by atoms with Gasteiger partial charge in [-0.25, -0.2) is 9.18 Å². The van der Waals surface area contributed by atoms with Crippen LogP contribution in [-0.4, -0.2) is 28.5 Å². The Bertz CT molecular complexity index is 910. The van der Waals surface area contributed by atoms with Gasteiger partial charge in [0.25, 0.3) is 0 Å². The number of halogens is 1. The summed E-state index contributed by atoms with van der Waals surface area (Å²) in [5, 5.41) is 2.25. The molecule has 1 saturated heterocycles. The van der Waals surface area contributed by atoms with E-state index in [4.69, 9.17) is 0 Å². The van der Waals surface area contributed by atoms with Gasteiger partial charge < -0.3 is 0 Å². The molecule has 28 heavy (non-hydrogen) atoms. The van der Waals surface area contributed by atoms with E-state index in [9.17, 15) is 18.8 Å². The Balaban J connectivity index is 1.81. The van der Waals surface area contributed by atoms with Crippen molar-refractivity contribution < 1.29 is 18.8 Å². The number of carbonyl (C=O) groups excluding carboxylic acids is 3. The van der Waals surface area contributed by atoms with Gasteiger partial charge in [-0.05, 0) is 29.7 Å². The van der Waals surface area contributed by atoms with E-state index < -0.39 is 23.8 Å². The SMILES string of the molecule is CCC(=NCc1ccc(F)cc1)C1C(=O)NC(=O)N(Cc2ccccc2)C1=O. The van der Waals surface area contributed by atoms with Gasteiger partial charge in [0.05, 0.1) is 13.1 Å². The number of hydrogen-bond acceptors (Lipinski definition) is 4. The molecule has 4 amide bonds.